The highest BCUT2D eigenvalue weighted by atomic mass is 16.4. The lowest BCUT2D eigenvalue weighted by atomic mass is 10.3. The highest BCUT2D eigenvalue weighted by molar-refractivity contribution is 5.84. The Bertz CT molecular complexity index is 305. The number of carbonyl (C=O) groups excluding carboxylic acids is 2. The summed E-state index contributed by atoms with van der Waals surface area (Å²) in [7, 11) is 4.51. The molecule has 0 rings (SSSR count). The summed E-state index contributed by atoms with van der Waals surface area (Å²) in [6, 6.07) is -0.625. The second-order valence-electron chi connectivity index (χ2n) is 3.68. The van der Waals surface area contributed by atoms with Gasteiger partial charge in [0.25, 0.3) is 0 Å². The zero-order valence-electron chi connectivity index (χ0n) is 10.0. The van der Waals surface area contributed by atoms with Crippen molar-refractivity contribution in [3.05, 3.63) is 0 Å². The van der Waals surface area contributed by atoms with Gasteiger partial charge in [0, 0.05) is 21.1 Å². The van der Waals surface area contributed by atoms with Gasteiger partial charge in [0.1, 0.15) is 6.54 Å². The predicted molar refractivity (Wildman–Crippen MR) is 58.4 cm³/mol. The number of carboxylic acids is 1. The number of urea groups is 1. The van der Waals surface area contributed by atoms with Crippen molar-refractivity contribution in [2.24, 2.45) is 0 Å². The van der Waals surface area contributed by atoms with Crippen molar-refractivity contribution >= 4 is 17.9 Å². The van der Waals surface area contributed by atoms with Crippen molar-refractivity contribution < 1.29 is 24.6 Å². The molecule has 0 unspecified atom stereocenters. The molecule has 3 N–H and O–H groups in total. The molecule has 0 bridgehead atoms. The third-order valence-electron chi connectivity index (χ3n) is 1.95. The summed E-state index contributed by atoms with van der Waals surface area (Å²) in [5.74, 6) is -1.68. The second-order valence-corrected chi connectivity index (χ2v) is 3.68. The van der Waals surface area contributed by atoms with Crippen molar-refractivity contribution in [1.82, 2.24) is 15.1 Å². The van der Waals surface area contributed by atoms with E-state index >= 15 is 0 Å². The molecule has 0 aromatic rings. The SMILES string of the molecule is CN(C)C(=O)CN(C)C(=O)NC[C@H](O)C(=O)O. The molecule has 0 aliphatic heterocycles. The van der Waals surface area contributed by atoms with Crippen LogP contribution in [-0.2, 0) is 9.59 Å². The van der Waals surface area contributed by atoms with Gasteiger partial charge in [-0.05, 0) is 0 Å². The summed E-state index contributed by atoms with van der Waals surface area (Å²) in [4.78, 5) is 35.3. The van der Waals surface area contributed by atoms with Crippen LogP contribution in [0.25, 0.3) is 0 Å². The Morgan fingerprint density at radius 1 is 1.24 bits per heavy atom. The quantitative estimate of drug-likeness (QED) is 0.529. The van der Waals surface area contributed by atoms with Crippen LogP contribution in [-0.4, -0.2) is 78.3 Å². The zero-order valence-corrected chi connectivity index (χ0v) is 10.0. The van der Waals surface area contributed by atoms with Gasteiger partial charge in [0.15, 0.2) is 6.10 Å². The molecular weight excluding hydrogens is 230 g/mol. The van der Waals surface area contributed by atoms with E-state index in [4.69, 9.17) is 10.2 Å². The summed E-state index contributed by atoms with van der Waals surface area (Å²) < 4.78 is 0. The Kier molecular flexibility index (Phi) is 5.97. The molecule has 0 spiro atoms. The second kappa shape index (κ2) is 6.69. The van der Waals surface area contributed by atoms with E-state index in [1.807, 2.05) is 0 Å². The topological polar surface area (TPSA) is 110 Å². The fourth-order valence-electron chi connectivity index (χ4n) is 0.822. The molecule has 8 heteroatoms. The van der Waals surface area contributed by atoms with Crippen LogP contribution in [0.5, 0.6) is 0 Å². The maximum absolute atomic E-state index is 11.4. The number of rotatable bonds is 5. The Labute approximate surface area is 98.8 Å². The highest BCUT2D eigenvalue weighted by Gasteiger charge is 2.17. The predicted octanol–water partition coefficient (Wildman–Crippen LogP) is -1.84. The average molecular weight is 247 g/mol. The maximum Gasteiger partial charge on any atom is 0.334 e. The van der Waals surface area contributed by atoms with Crippen LogP contribution >= 0.6 is 0 Å². The summed E-state index contributed by atoms with van der Waals surface area (Å²) >= 11 is 0. The van der Waals surface area contributed by atoms with E-state index in [-0.39, 0.29) is 12.5 Å². The minimum atomic E-state index is -1.66. The molecule has 3 amide bonds. The number of hydrogen-bond donors (Lipinski definition) is 3. The molecule has 1 atom stereocenters. The Hall–Kier alpha value is -1.83. The van der Waals surface area contributed by atoms with Gasteiger partial charge in [-0.2, -0.15) is 0 Å². The minimum Gasteiger partial charge on any atom is -0.479 e. The van der Waals surface area contributed by atoms with Crippen molar-refractivity contribution in [3.8, 4) is 0 Å². The maximum atomic E-state index is 11.4. The Balaban J connectivity index is 4.06. The lowest BCUT2D eigenvalue weighted by Gasteiger charge is -2.20. The van der Waals surface area contributed by atoms with Crippen molar-refractivity contribution in [2.75, 3.05) is 34.2 Å². The van der Waals surface area contributed by atoms with Gasteiger partial charge in [-0.15, -0.1) is 0 Å². The molecular formula is C9H17N3O5. The number of carbonyl (C=O) groups is 3. The first-order chi connectivity index (χ1) is 7.75. The van der Waals surface area contributed by atoms with Crippen molar-refractivity contribution in [2.45, 2.75) is 6.10 Å². The Morgan fingerprint density at radius 3 is 2.18 bits per heavy atom. The summed E-state index contributed by atoms with van der Waals surface area (Å²) in [5.41, 5.74) is 0. The fraction of sp³-hybridized carbons (Fsp3) is 0.667. The highest BCUT2D eigenvalue weighted by Crippen LogP contribution is 1.89. The normalized spacial score (nSPS) is 11.5. The van der Waals surface area contributed by atoms with Crippen LogP contribution in [0.1, 0.15) is 0 Å². The van der Waals surface area contributed by atoms with E-state index in [9.17, 15) is 14.4 Å². The van der Waals surface area contributed by atoms with Crippen LogP contribution in [0.2, 0.25) is 0 Å². The average Bonchev–Trinajstić information content (AvgIpc) is 2.24. The van der Waals surface area contributed by atoms with E-state index in [1.54, 1.807) is 14.1 Å². The third kappa shape index (κ3) is 5.71. The van der Waals surface area contributed by atoms with Crippen LogP contribution in [0.4, 0.5) is 4.79 Å². The van der Waals surface area contributed by atoms with Gasteiger partial charge in [0.05, 0.1) is 6.54 Å². The molecule has 0 radical (unpaired) electrons. The minimum absolute atomic E-state index is 0.123. The van der Waals surface area contributed by atoms with E-state index in [2.05, 4.69) is 5.32 Å². The number of amides is 3. The van der Waals surface area contributed by atoms with Crippen molar-refractivity contribution in [1.29, 1.82) is 0 Å². The molecule has 0 saturated carbocycles. The van der Waals surface area contributed by atoms with E-state index < -0.39 is 24.6 Å². The zero-order chi connectivity index (χ0) is 13.6. The lowest BCUT2D eigenvalue weighted by molar-refractivity contribution is -0.146. The van der Waals surface area contributed by atoms with Crippen LogP contribution in [0.15, 0.2) is 0 Å². The molecule has 17 heavy (non-hydrogen) atoms. The molecule has 0 aromatic heterocycles. The lowest BCUT2D eigenvalue weighted by Crippen LogP contribution is -2.46. The molecule has 8 nitrogen and oxygen atoms in total. The number of aliphatic hydroxyl groups is 1. The Morgan fingerprint density at radius 2 is 1.76 bits per heavy atom. The molecule has 0 heterocycles. The van der Waals surface area contributed by atoms with Gasteiger partial charge in [-0.1, -0.05) is 0 Å². The molecule has 0 aliphatic carbocycles. The van der Waals surface area contributed by atoms with Gasteiger partial charge < -0.3 is 25.3 Å². The van der Waals surface area contributed by atoms with Gasteiger partial charge in [-0.25, -0.2) is 9.59 Å². The standard InChI is InChI=1S/C9H17N3O5/c1-11(2)7(14)5-12(3)9(17)10-4-6(13)8(15)16/h6,13H,4-5H2,1-3H3,(H,10,17)(H,15,16)/t6-/m0/s1. The summed E-state index contributed by atoms with van der Waals surface area (Å²) in [5, 5.41) is 19.5. The van der Waals surface area contributed by atoms with E-state index in [1.165, 1.54) is 11.9 Å². The molecule has 0 fully saturated rings. The first kappa shape index (κ1) is 15.2. The largest absolute Gasteiger partial charge is 0.479 e. The third-order valence-corrected chi connectivity index (χ3v) is 1.95. The molecule has 0 saturated heterocycles. The molecule has 0 aliphatic rings. The smallest absolute Gasteiger partial charge is 0.334 e. The first-order valence-corrected chi connectivity index (χ1v) is 4.85. The number of likely N-dealkylation sites (N-methyl/N-ethyl adjacent to an activating group) is 2. The fourth-order valence-corrected chi connectivity index (χ4v) is 0.822. The van der Waals surface area contributed by atoms with Gasteiger partial charge >= 0.3 is 12.0 Å². The summed E-state index contributed by atoms with van der Waals surface area (Å²) in [6.07, 6.45) is -1.66. The number of carboxylic acid groups (broad SMARTS) is 1. The number of nitrogens with zero attached hydrogens (tertiary/aromatic N) is 2. The van der Waals surface area contributed by atoms with Crippen LogP contribution in [0, 0.1) is 0 Å². The first-order valence-electron chi connectivity index (χ1n) is 4.85. The monoisotopic (exact) mass is 247 g/mol. The van der Waals surface area contributed by atoms with Gasteiger partial charge in [-0.3, -0.25) is 4.79 Å². The number of aliphatic hydroxyl groups excluding tert-OH is 1. The van der Waals surface area contributed by atoms with E-state index in [0.717, 1.165) is 4.90 Å². The van der Waals surface area contributed by atoms with Crippen LogP contribution < -0.4 is 5.32 Å². The number of hydrogen-bond acceptors (Lipinski definition) is 4. The molecule has 98 valence electrons. The number of aliphatic carboxylic acids is 1. The van der Waals surface area contributed by atoms with Crippen molar-refractivity contribution in [3.63, 3.8) is 0 Å². The van der Waals surface area contributed by atoms with Crippen LogP contribution in [0.3, 0.4) is 0 Å². The van der Waals surface area contributed by atoms with Gasteiger partial charge in [0.2, 0.25) is 5.91 Å². The molecule has 0 aromatic carbocycles. The summed E-state index contributed by atoms with van der Waals surface area (Å²) in [6.45, 7) is -0.531. The van der Waals surface area contributed by atoms with E-state index in [0.29, 0.717) is 0 Å². The number of nitrogens with one attached hydrogen (secondary N) is 1.